The van der Waals surface area contributed by atoms with Gasteiger partial charge < -0.3 is 9.88 Å². The second kappa shape index (κ2) is 5.14. The fourth-order valence-corrected chi connectivity index (χ4v) is 3.42. The second-order valence-electron chi connectivity index (χ2n) is 6.30. The van der Waals surface area contributed by atoms with Gasteiger partial charge in [-0.2, -0.15) is 0 Å². The molecule has 0 saturated heterocycles. The van der Waals surface area contributed by atoms with Crippen LogP contribution in [-0.4, -0.2) is 26.3 Å². The maximum Gasteiger partial charge on any atom is 0.229 e. The van der Waals surface area contributed by atoms with Gasteiger partial charge in [0.15, 0.2) is 0 Å². The lowest BCUT2D eigenvalue weighted by atomic mass is 10.1. The lowest BCUT2D eigenvalue weighted by molar-refractivity contribution is -0.125. The summed E-state index contributed by atoms with van der Waals surface area (Å²) in [6.45, 7) is 4.36. The summed E-state index contributed by atoms with van der Waals surface area (Å²) < 4.78 is 1.14. The molecule has 1 amide bonds. The number of aryl methyl sites for hydroxylation is 2. The minimum atomic E-state index is -0.924. The molecule has 0 unspecified atom stereocenters. The van der Waals surface area contributed by atoms with E-state index in [0.29, 0.717) is 19.4 Å². The summed E-state index contributed by atoms with van der Waals surface area (Å²) >= 11 is 12.0. The molecule has 0 aliphatic heterocycles. The summed E-state index contributed by atoms with van der Waals surface area (Å²) in [5, 5.41) is 2.91. The van der Waals surface area contributed by atoms with E-state index in [4.69, 9.17) is 23.2 Å². The van der Waals surface area contributed by atoms with Gasteiger partial charge in [-0.25, -0.2) is 4.98 Å². The zero-order valence-electron chi connectivity index (χ0n) is 12.9. The number of fused-ring (bicyclic) bond motifs is 1. The smallest absolute Gasteiger partial charge is 0.229 e. The zero-order chi connectivity index (χ0) is 16.1. The van der Waals surface area contributed by atoms with Gasteiger partial charge in [0.2, 0.25) is 5.91 Å². The van der Waals surface area contributed by atoms with Crippen molar-refractivity contribution in [2.24, 2.45) is 12.5 Å². The van der Waals surface area contributed by atoms with E-state index < -0.39 is 9.75 Å². The van der Waals surface area contributed by atoms with Gasteiger partial charge in [-0.05, 0) is 38.0 Å². The van der Waals surface area contributed by atoms with Gasteiger partial charge in [0.05, 0.1) is 16.4 Å². The van der Waals surface area contributed by atoms with Crippen LogP contribution in [0.1, 0.15) is 24.7 Å². The topological polar surface area (TPSA) is 46.9 Å². The molecule has 3 rings (SSSR count). The SMILES string of the molecule is Cc1ccc2c(c1)nc(CCNC(=O)[C@@]1(C)CC1(Cl)Cl)n2C. The van der Waals surface area contributed by atoms with Crippen molar-refractivity contribution in [3.05, 3.63) is 29.6 Å². The fraction of sp³-hybridized carbons (Fsp3) is 0.500. The molecular formula is C16H19Cl2N3O. The van der Waals surface area contributed by atoms with E-state index in [0.717, 1.165) is 16.9 Å². The Morgan fingerprint density at radius 3 is 2.77 bits per heavy atom. The quantitative estimate of drug-likeness (QED) is 0.870. The highest BCUT2D eigenvalue weighted by molar-refractivity contribution is 6.53. The van der Waals surface area contributed by atoms with Gasteiger partial charge in [0.1, 0.15) is 10.2 Å². The molecule has 6 heteroatoms. The Hall–Kier alpha value is -1.26. The number of carbonyl (C=O) groups is 1. The van der Waals surface area contributed by atoms with Crippen LogP contribution in [0.3, 0.4) is 0 Å². The molecule has 1 fully saturated rings. The molecule has 118 valence electrons. The van der Waals surface area contributed by atoms with Gasteiger partial charge >= 0.3 is 0 Å². The third-order valence-electron chi connectivity index (χ3n) is 4.52. The van der Waals surface area contributed by atoms with Crippen LogP contribution >= 0.6 is 23.2 Å². The molecule has 1 aromatic carbocycles. The van der Waals surface area contributed by atoms with Crippen molar-refractivity contribution in [2.75, 3.05) is 6.54 Å². The van der Waals surface area contributed by atoms with E-state index in [1.807, 2.05) is 7.05 Å². The van der Waals surface area contributed by atoms with E-state index in [-0.39, 0.29) is 5.91 Å². The Labute approximate surface area is 139 Å². The first-order chi connectivity index (χ1) is 10.2. The number of rotatable bonds is 4. The average molecular weight is 340 g/mol. The highest BCUT2D eigenvalue weighted by Gasteiger charge is 2.67. The molecule has 4 nitrogen and oxygen atoms in total. The maximum atomic E-state index is 12.1. The number of hydrogen-bond acceptors (Lipinski definition) is 2. The first-order valence-electron chi connectivity index (χ1n) is 7.33. The summed E-state index contributed by atoms with van der Waals surface area (Å²) in [5.41, 5.74) is 2.60. The van der Waals surface area contributed by atoms with Crippen molar-refractivity contribution >= 4 is 40.1 Å². The van der Waals surface area contributed by atoms with Gasteiger partial charge in [-0.3, -0.25) is 4.79 Å². The molecule has 1 saturated carbocycles. The van der Waals surface area contributed by atoms with Crippen molar-refractivity contribution in [3.63, 3.8) is 0 Å². The molecule has 1 heterocycles. The summed E-state index contributed by atoms with van der Waals surface area (Å²) in [4.78, 5) is 16.8. The lowest BCUT2D eigenvalue weighted by Crippen LogP contribution is -2.34. The molecule has 0 spiro atoms. The molecule has 1 aliphatic carbocycles. The molecule has 1 N–H and O–H groups in total. The lowest BCUT2D eigenvalue weighted by Gasteiger charge is -2.12. The van der Waals surface area contributed by atoms with Crippen molar-refractivity contribution in [1.29, 1.82) is 0 Å². The average Bonchev–Trinajstić information content (AvgIpc) is 2.81. The van der Waals surface area contributed by atoms with E-state index in [9.17, 15) is 4.79 Å². The van der Waals surface area contributed by atoms with E-state index in [1.165, 1.54) is 5.56 Å². The zero-order valence-corrected chi connectivity index (χ0v) is 14.4. The Bertz CT molecular complexity index is 753. The first kappa shape index (κ1) is 15.6. The first-order valence-corrected chi connectivity index (χ1v) is 8.08. The number of nitrogens with zero attached hydrogens (tertiary/aromatic N) is 2. The summed E-state index contributed by atoms with van der Waals surface area (Å²) in [6, 6.07) is 6.21. The summed E-state index contributed by atoms with van der Waals surface area (Å²) in [5.74, 6) is 0.858. The van der Waals surface area contributed by atoms with Gasteiger partial charge in [0, 0.05) is 20.0 Å². The molecule has 1 aliphatic rings. The summed E-state index contributed by atoms with van der Waals surface area (Å²) in [7, 11) is 1.99. The van der Waals surface area contributed by atoms with Crippen LogP contribution in [-0.2, 0) is 18.3 Å². The predicted octanol–water partition coefficient (Wildman–Crippen LogP) is 3.12. The number of nitrogens with one attached hydrogen (secondary N) is 1. The van der Waals surface area contributed by atoms with Crippen molar-refractivity contribution in [1.82, 2.24) is 14.9 Å². The Morgan fingerprint density at radius 2 is 2.14 bits per heavy atom. The normalized spacial score (nSPS) is 22.8. The van der Waals surface area contributed by atoms with Crippen molar-refractivity contribution in [3.8, 4) is 0 Å². The highest BCUT2D eigenvalue weighted by atomic mass is 35.5. The molecule has 0 radical (unpaired) electrons. The van der Waals surface area contributed by atoms with E-state index in [1.54, 1.807) is 6.92 Å². The number of amides is 1. The van der Waals surface area contributed by atoms with Gasteiger partial charge in [0.25, 0.3) is 0 Å². The standard InChI is InChI=1S/C16H19Cl2N3O/c1-10-4-5-12-11(8-10)20-13(21(12)3)6-7-19-14(22)15(2)9-16(15,17)18/h4-5,8H,6-7,9H2,1-3H3,(H,19,22)/t15-/m1/s1. The van der Waals surface area contributed by atoms with Gasteiger partial charge in [-0.15, -0.1) is 23.2 Å². The Balaban J connectivity index is 1.65. The predicted molar refractivity (Wildman–Crippen MR) is 89.3 cm³/mol. The molecular weight excluding hydrogens is 321 g/mol. The van der Waals surface area contributed by atoms with E-state index >= 15 is 0 Å². The second-order valence-corrected chi connectivity index (χ2v) is 7.78. The van der Waals surface area contributed by atoms with Crippen molar-refractivity contribution < 1.29 is 4.79 Å². The van der Waals surface area contributed by atoms with Crippen LogP contribution in [0.4, 0.5) is 0 Å². The molecule has 1 aromatic heterocycles. The Morgan fingerprint density at radius 1 is 1.45 bits per heavy atom. The van der Waals surface area contributed by atoms with Crippen LogP contribution in [0.25, 0.3) is 11.0 Å². The van der Waals surface area contributed by atoms with Gasteiger partial charge in [-0.1, -0.05) is 6.07 Å². The minimum Gasteiger partial charge on any atom is -0.355 e. The largest absolute Gasteiger partial charge is 0.355 e. The number of aromatic nitrogens is 2. The maximum absolute atomic E-state index is 12.1. The molecule has 2 aromatic rings. The molecule has 0 bridgehead atoms. The number of carbonyl (C=O) groups excluding carboxylic acids is 1. The minimum absolute atomic E-state index is 0.0906. The molecule has 1 atom stereocenters. The van der Waals surface area contributed by atoms with Crippen molar-refractivity contribution in [2.45, 2.75) is 31.0 Å². The Kier molecular flexibility index (Phi) is 3.65. The number of imidazole rings is 1. The monoisotopic (exact) mass is 339 g/mol. The summed E-state index contributed by atoms with van der Waals surface area (Å²) in [6.07, 6.45) is 1.17. The molecule has 22 heavy (non-hydrogen) atoms. The fourth-order valence-electron chi connectivity index (χ4n) is 2.71. The number of alkyl halides is 2. The number of benzene rings is 1. The third kappa shape index (κ3) is 2.48. The van der Waals surface area contributed by atoms with Crippen LogP contribution in [0.5, 0.6) is 0 Å². The van der Waals surface area contributed by atoms with E-state index in [2.05, 4.69) is 40.0 Å². The van der Waals surface area contributed by atoms with Crippen LogP contribution in [0, 0.1) is 12.3 Å². The van der Waals surface area contributed by atoms with Crippen LogP contribution < -0.4 is 5.32 Å². The highest BCUT2D eigenvalue weighted by Crippen LogP contribution is 2.63. The van der Waals surface area contributed by atoms with Crippen LogP contribution in [0.15, 0.2) is 18.2 Å². The van der Waals surface area contributed by atoms with Crippen LogP contribution in [0.2, 0.25) is 0 Å². The number of halogens is 2. The third-order valence-corrected chi connectivity index (χ3v) is 5.62. The number of hydrogen-bond donors (Lipinski definition) is 1.